The highest BCUT2D eigenvalue weighted by Crippen LogP contribution is 2.37. The molecule has 1 heterocycles. The van der Waals surface area contributed by atoms with Gasteiger partial charge in [0, 0.05) is 11.5 Å². The van der Waals surface area contributed by atoms with Crippen LogP contribution in [0.25, 0.3) is 6.08 Å². The number of hydrogen-bond acceptors (Lipinski definition) is 5. The fraction of sp³-hybridized carbons (Fsp3) is 0.217. The van der Waals surface area contributed by atoms with E-state index in [2.05, 4.69) is 4.98 Å². The Kier molecular flexibility index (Phi) is 7.13. The summed E-state index contributed by atoms with van der Waals surface area (Å²) in [6, 6.07) is 13.0. The van der Waals surface area contributed by atoms with Gasteiger partial charge in [-0.15, -0.1) is 11.3 Å². The second-order valence-electron chi connectivity index (χ2n) is 6.81. The summed E-state index contributed by atoms with van der Waals surface area (Å²) in [5, 5.41) is 2.95. The molecule has 0 aliphatic carbocycles. The van der Waals surface area contributed by atoms with Crippen molar-refractivity contribution in [3.8, 4) is 11.5 Å². The normalized spacial score (nSPS) is 11.1. The Bertz CT molecular complexity index is 1050. The van der Waals surface area contributed by atoms with Crippen LogP contribution in [0.15, 0.2) is 53.9 Å². The molecule has 3 rings (SSSR count). The summed E-state index contributed by atoms with van der Waals surface area (Å²) < 4.78 is 11.2. The van der Waals surface area contributed by atoms with E-state index in [-0.39, 0.29) is 12.0 Å². The van der Waals surface area contributed by atoms with Crippen molar-refractivity contribution in [3.63, 3.8) is 0 Å². The average molecular weight is 443 g/mol. The molecule has 0 aliphatic rings. The van der Waals surface area contributed by atoms with E-state index in [9.17, 15) is 4.79 Å². The number of carbonyl (C=O) groups excluding carboxylic acids is 1. The number of aromatic nitrogens is 1. The minimum atomic E-state index is -0.215. The van der Waals surface area contributed by atoms with Crippen LogP contribution >= 0.6 is 22.9 Å². The van der Waals surface area contributed by atoms with Gasteiger partial charge in [-0.05, 0) is 56.7 Å². The quantitative estimate of drug-likeness (QED) is 0.404. The maximum Gasteiger partial charge on any atom is 0.257 e. The van der Waals surface area contributed by atoms with E-state index in [4.69, 9.17) is 21.1 Å². The first-order valence-electron chi connectivity index (χ1n) is 9.42. The number of aryl methyl sites for hydroxylation is 1. The van der Waals surface area contributed by atoms with Gasteiger partial charge < -0.3 is 9.47 Å². The SMILES string of the molecule is COc1cc(/C=C/C(=O)N(c2ccccc2)c2nc(C)cs2)cc(Cl)c1OC(C)C. The molecular formula is C23H23ClN2O3S. The maximum atomic E-state index is 13.1. The van der Waals surface area contributed by atoms with Gasteiger partial charge in [-0.2, -0.15) is 0 Å². The van der Waals surface area contributed by atoms with Gasteiger partial charge in [0.2, 0.25) is 0 Å². The number of ether oxygens (including phenoxy) is 2. The molecule has 3 aromatic rings. The van der Waals surface area contributed by atoms with Gasteiger partial charge in [-0.3, -0.25) is 9.69 Å². The van der Waals surface area contributed by atoms with Crippen LogP contribution in [0.4, 0.5) is 10.8 Å². The molecule has 0 atom stereocenters. The zero-order valence-corrected chi connectivity index (χ0v) is 18.8. The summed E-state index contributed by atoms with van der Waals surface area (Å²) in [5.74, 6) is 0.786. The predicted octanol–water partition coefficient (Wildman–Crippen LogP) is 6.28. The molecule has 0 radical (unpaired) electrons. The summed E-state index contributed by atoms with van der Waals surface area (Å²) in [6.45, 7) is 5.74. The number of rotatable bonds is 7. The number of nitrogens with zero attached hydrogens (tertiary/aromatic N) is 2. The molecule has 0 N–H and O–H groups in total. The fourth-order valence-corrected chi connectivity index (χ4v) is 3.87. The van der Waals surface area contributed by atoms with Gasteiger partial charge in [-0.25, -0.2) is 4.98 Å². The summed E-state index contributed by atoms with van der Waals surface area (Å²) in [5.41, 5.74) is 2.34. The lowest BCUT2D eigenvalue weighted by atomic mass is 10.1. The van der Waals surface area contributed by atoms with Crippen LogP contribution in [0.5, 0.6) is 11.5 Å². The summed E-state index contributed by atoms with van der Waals surface area (Å²) >= 11 is 7.81. The highest BCUT2D eigenvalue weighted by molar-refractivity contribution is 7.14. The van der Waals surface area contributed by atoms with Gasteiger partial charge in [0.25, 0.3) is 5.91 Å². The second kappa shape index (κ2) is 9.78. The van der Waals surface area contributed by atoms with Crippen LogP contribution in [0.2, 0.25) is 5.02 Å². The minimum absolute atomic E-state index is 0.0412. The Morgan fingerprint density at radius 1 is 1.23 bits per heavy atom. The third kappa shape index (κ3) is 5.20. The van der Waals surface area contributed by atoms with E-state index in [1.54, 1.807) is 30.2 Å². The molecular weight excluding hydrogens is 420 g/mol. The van der Waals surface area contributed by atoms with Crippen LogP contribution in [0.3, 0.4) is 0 Å². The molecule has 5 nitrogen and oxygen atoms in total. The minimum Gasteiger partial charge on any atom is -0.493 e. The second-order valence-corrected chi connectivity index (χ2v) is 8.06. The molecule has 1 aromatic heterocycles. The smallest absolute Gasteiger partial charge is 0.257 e. The van der Waals surface area contributed by atoms with Crippen LogP contribution in [0.1, 0.15) is 25.1 Å². The van der Waals surface area contributed by atoms with E-state index in [1.807, 2.05) is 56.5 Å². The molecule has 0 saturated heterocycles. The molecule has 7 heteroatoms. The highest BCUT2D eigenvalue weighted by atomic mass is 35.5. The maximum absolute atomic E-state index is 13.1. The number of amides is 1. The largest absolute Gasteiger partial charge is 0.493 e. The summed E-state index contributed by atoms with van der Waals surface area (Å²) in [4.78, 5) is 19.2. The molecule has 0 spiro atoms. The lowest BCUT2D eigenvalue weighted by Gasteiger charge is -2.18. The van der Waals surface area contributed by atoms with E-state index in [0.717, 1.165) is 16.9 Å². The first kappa shape index (κ1) is 21.9. The number of anilines is 2. The Labute approximate surface area is 185 Å². The Morgan fingerprint density at radius 2 is 1.97 bits per heavy atom. The highest BCUT2D eigenvalue weighted by Gasteiger charge is 2.19. The van der Waals surface area contributed by atoms with E-state index in [0.29, 0.717) is 21.7 Å². The van der Waals surface area contributed by atoms with Crippen molar-refractivity contribution in [1.82, 2.24) is 4.98 Å². The molecule has 2 aromatic carbocycles. The summed E-state index contributed by atoms with van der Waals surface area (Å²) in [6.07, 6.45) is 3.16. The van der Waals surface area contributed by atoms with Gasteiger partial charge in [0.15, 0.2) is 16.6 Å². The molecule has 0 fully saturated rings. The Hall–Kier alpha value is -2.83. The van der Waals surface area contributed by atoms with Crippen molar-refractivity contribution in [3.05, 3.63) is 70.2 Å². The third-order valence-corrected chi connectivity index (χ3v) is 5.28. The third-order valence-electron chi connectivity index (χ3n) is 4.06. The molecule has 0 saturated carbocycles. The van der Waals surface area contributed by atoms with Crippen LogP contribution in [-0.4, -0.2) is 24.1 Å². The molecule has 0 aliphatic heterocycles. The number of hydrogen-bond donors (Lipinski definition) is 0. The molecule has 30 heavy (non-hydrogen) atoms. The molecule has 1 amide bonds. The van der Waals surface area contributed by atoms with Gasteiger partial charge in [0.1, 0.15) is 0 Å². The topological polar surface area (TPSA) is 51.7 Å². The van der Waals surface area contributed by atoms with Crippen LogP contribution < -0.4 is 14.4 Å². The van der Waals surface area contributed by atoms with Crippen molar-refractivity contribution in [2.75, 3.05) is 12.0 Å². The molecule has 156 valence electrons. The zero-order valence-electron chi connectivity index (χ0n) is 17.3. The Balaban J connectivity index is 1.91. The van der Waals surface area contributed by atoms with E-state index >= 15 is 0 Å². The zero-order chi connectivity index (χ0) is 21.7. The van der Waals surface area contributed by atoms with Crippen molar-refractivity contribution in [2.24, 2.45) is 0 Å². The van der Waals surface area contributed by atoms with Crippen LogP contribution in [0, 0.1) is 6.92 Å². The average Bonchev–Trinajstić information content (AvgIpc) is 3.14. The monoisotopic (exact) mass is 442 g/mol. The Morgan fingerprint density at radius 3 is 2.57 bits per heavy atom. The lowest BCUT2D eigenvalue weighted by molar-refractivity contribution is -0.113. The number of halogens is 1. The standard InChI is InChI=1S/C23H23ClN2O3S/c1-15(2)29-22-19(24)12-17(13-20(22)28-4)10-11-21(27)26(18-8-6-5-7-9-18)23-25-16(3)14-30-23/h5-15H,1-4H3/b11-10+. The van der Waals surface area contributed by atoms with Crippen molar-refractivity contribution >= 4 is 45.7 Å². The lowest BCUT2D eigenvalue weighted by Crippen LogP contribution is -2.23. The van der Waals surface area contributed by atoms with Crippen LogP contribution in [-0.2, 0) is 4.79 Å². The van der Waals surface area contributed by atoms with Gasteiger partial charge >= 0.3 is 0 Å². The molecule has 0 bridgehead atoms. The van der Waals surface area contributed by atoms with Crippen molar-refractivity contribution in [2.45, 2.75) is 26.9 Å². The molecule has 0 unspecified atom stereocenters. The van der Waals surface area contributed by atoms with Gasteiger partial charge in [0.05, 0.1) is 29.6 Å². The van der Waals surface area contributed by atoms with Crippen molar-refractivity contribution < 1.29 is 14.3 Å². The predicted molar refractivity (Wildman–Crippen MR) is 123 cm³/mol. The number of carbonyl (C=O) groups is 1. The number of para-hydroxylation sites is 1. The van der Waals surface area contributed by atoms with E-state index < -0.39 is 0 Å². The fourth-order valence-electron chi connectivity index (χ4n) is 2.78. The summed E-state index contributed by atoms with van der Waals surface area (Å²) in [7, 11) is 1.55. The van der Waals surface area contributed by atoms with E-state index in [1.165, 1.54) is 17.4 Å². The number of methoxy groups -OCH3 is 1. The van der Waals surface area contributed by atoms with Gasteiger partial charge in [-0.1, -0.05) is 29.8 Å². The first-order chi connectivity index (χ1) is 14.4. The number of thiazole rings is 1. The first-order valence-corrected chi connectivity index (χ1v) is 10.7. The number of benzene rings is 2. The van der Waals surface area contributed by atoms with Crippen molar-refractivity contribution in [1.29, 1.82) is 0 Å².